The van der Waals surface area contributed by atoms with E-state index < -0.39 is 29.2 Å². The van der Waals surface area contributed by atoms with Crippen LogP contribution in [0.1, 0.15) is 57.2 Å². The van der Waals surface area contributed by atoms with Crippen molar-refractivity contribution >= 4 is 33.9 Å². The van der Waals surface area contributed by atoms with E-state index in [0.717, 1.165) is 32.4 Å². The Kier molecular flexibility index (Phi) is 12.5. The van der Waals surface area contributed by atoms with Crippen LogP contribution < -0.4 is 26.8 Å². The molecule has 1 N–H and O–H groups in total. The zero-order valence-corrected chi connectivity index (χ0v) is 40.3. The average molecular weight is 1010 g/mol. The number of aromatic nitrogens is 8. The number of ether oxygens (including phenoxy) is 3. The maximum absolute atomic E-state index is 14.9. The van der Waals surface area contributed by atoms with Crippen LogP contribution in [0.5, 0.6) is 12.0 Å². The number of fused-ring (bicyclic) bond motifs is 2. The first kappa shape index (κ1) is 47.2. The van der Waals surface area contributed by atoms with Gasteiger partial charge in [0.1, 0.15) is 0 Å². The van der Waals surface area contributed by atoms with Crippen molar-refractivity contribution < 1.29 is 41.7 Å². The molecule has 0 unspecified atom stereocenters. The summed E-state index contributed by atoms with van der Waals surface area (Å²) in [6, 6.07) is 40.8. The second-order valence-corrected chi connectivity index (χ2v) is 17.0. The van der Waals surface area contributed by atoms with E-state index in [2.05, 4.69) is 20.3 Å². The second kappa shape index (κ2) is 19.8. The summed E-state index contributed by atoms with van der Waals surface area (Å²) in [5.74, 6) is -3.29. The summed E-state index contributed by atoms with van der Waals surface area (Å²) in [6.07, 6.45) is 0. The average Bonchev–Trinajstić information content (AvgIpc) is 4.27. The van der Waals surface area contributed by atoms with Crippen molar-refractivity contribution in [2.75, 3.05) is 13.2 Å². The van der Waals surface area contributed by atoms with Crippen molar-refractivity contribution in [3.8, 4) is 57.1 Å². The van der Waals surface area contributed by atoms with E-state index in [9.17, 15) is 24.0 Å². The maximum Gasteiger partial charge on any atom is 0.519 e. The van der Waals surface area contributed by atoms with Crippen LogP contribution in [-0.4, -0.2) is 64.1 Å². The summed E-state index contributed by atoms with van der Waals surface area (Å²) < 4.78 is 42.0. The minimum atomic E-state index is -0.983. The fourth-order valence-corrected chi connectivity index (χ4v) is 9.03. The molecule has 0 aliphatic carbocycles. The molecule has 0 radical (unpaired) electrons. The molecule has 0 amide bonds. The molecule has 5 aromatic heterocycles. The Hall–Kier alpha value is -10.1. The number of imidazole rings is 2. The molecule has 374 valence electrons. The summed E-state index contributed by atoms with van der Waals surface area (Å²) in [7, 11) is 0. The highest BCUT2D eigenvalue weighted by Gasteiger charge is 2.28. The molecule has 0 atom stereocenters. The quantitative estimate of drug-likeness (QED) is 0.0889. The van der Waals surface area contributed by atoms with Crippen LogP contribution in [-0.2, 0) is 24.4 Å². The van der Waals surface area contributed by atoms with E-state index in [1.165, 1.54) is 6.92 Å². The molecule has 5 heterocycles. The van der Waals surface area contributed by atoms with Gasteiger partial charge in [0.2, 0.25) is 0 Å². The smallest absolute Gasteiger partial charge is 0.465 e. The van der Waals surface area contributed by atoms with E-state index >= 15 is 0 Å². The molecular weight excluding hydrogens is 965 g/mol. The number of H-pyrrole nitrogens is 1. The number of carbonyl (C=O) groups excluding carboxylic acids is 2. The van der Waals surface area contributed by atoms with Gasteiger partial charge in [-0.15, -0.1) is 0 Å². The fourth-order valence-electron chi connectivity index (χ4n) is 9.03. The molecule has 20 heteroatoms. The SMILES string of the molecule is CCOc1nc2cccc(C(=O)OCc3oc(=O)oc3C)c2n1Cc1ccc(-c2ccccc2-c2noc(=O)n2C(=O)c2cccc3nc(OCC)n(Cc4ccc(-c5ccccc5-c5noc(=O)[nH]5)cc4)c23)cc1. The van der Waals surface area contributed by atoms with Crippen LogP contribution in [0, 0.1) is 6.92 Å². The number of rotatable bonds is 16. The lowest BCUT2D eigenvalue weighted by Gasteiger charge is -2.14. The van der Waals surface area contributed by atoms with Crippen LogP contribution in [0.2, 0.25) is 0 Å². The number of hydrogen-bond donors (Lipinski definition) is 1. The zero-order valence-electron chi connectivity index (χ0n) is 40.3. The van der Waals surface area contributed by atoms with Gasteiger partial charge in [0.15, 0.2) is 29.8 Å². The number of carbonyl (C=O) groups is 2. The van der Waals surface area contributed by atoms with E-state index in [0.29, 0.717) is 57.8 Å². The van der Waals surface area contributed by atoms with Crippen molar-refractivity contribution in [3.05, 3.63) is 199 Å². The van der Waals surface area contributed by atoms with Gasteiger partial charge in [-0.25, -0.2) is 19.2 Å². The van der Waals surface area contributed by atoms with Crippen LogP contribution in [0.3, 0.4) is 0 Å². The van der Waals surface area contributed by atoms with Crippen molar-refractivity contribution in [2.45, 2.75) is 40.5 Å². The number of nitrogens with one attached hydrogen (secondary N) is 1. The zero-order chi connectivity index (χ0) is 51.7. The summed E-state index contributed by atoms with van der Waals surface area (Å²) in [4.78, 5) is 77.5. The van der Waals surface area contributed by atoms with E-state index in [4.69, 9.17) is 37.1 Å². The Bertz CT molecular complexity index is 4130. The number of nitrogens with zero attached hydrogens (tertiary/aromatic N) is 7. The van der Waals surface area contributed by atoms with Gasteiger partial charge in [0, 0.05) is 11.1 Å². The molecule has 11 aromatic rings. The minimum absolute atomic E-state index is 0.0148. The van der Waals surface area contributed by atoms with Gasteiger partial charge in [-0.2, -0.15) is 14.5 Å². The molecule has 11 rings (SSSR count). The lowest BCUT2D eigenvalue weighted by Crippen LogP contribution is -2.25. The van der Waals surface area contributed by atoms with Gasteiger partial charge in [-0.3, -0.25) is 28.0 Å². The third-order valence-electron chi connectivity index (χ3n) is 12.4. The molecule has 0 aliphatic rings. The predicted molar refractivity (Wildman–Crippen MR) is 270 cm³/mol. The van der Waals surface area contributed by atoms with Gasteiger partial charge in [-0.05, 0) is 78.4 Å². The van der Waals surface area contributed by atoms with Crippen LogP contribution in [0.4, 0.5) is 0 Å². The van der Waals surface area contributed by atoms with Gasteiger partial charge < -0.3 is 23.0 Å². The van der Waals surface area contributed by atoms with Gasteiger partial charge in [-0.1, -0.05) is 120 Å². The molecule has 0 aliphatic heterocycles. The Morgan fingerprint density at radius 1 is 0.600 bits per heavy atom. The lowest BCUT2D eigenvalue weighted by molar-refractivity contribution is 0.0444. The van der Waals surface area contributed by atoms with E-state index in [1.54, 1.807) is 57.7 Å². The second-order valence-electron chi connectivity index (χ2n) is 17.0. The first-order chi connectivity index (χ1) is 36.6. The molecule has 0 spiro atoms. The third kappa shape index (κ3) is 9.00. The maximum atomic E-state index is 14.9. The van der Waals surface area contributed by atoms with Crippen molar-refractivity contribution in [1.29, 1.82) is 0 Å². The number of benzene rings is 6. The fraction of sp³-hybridized carbons (Fsp3) is 0.145. The first-order valence-electron chi connectivity index (χ1n) is 23.6. The largest absolute Gasteiger partial charge is 0.519 e. The highest BCUT2D eigenvalue weighted by Crippen LogP contribution is 2.35. The monoisotopic (exact) mass is 1010 g/mol. The number of hydrogen-bond acceptors (Lipinski definition) is 16. The van der Waals surface area contributed by atoms with Crippen molar-refractivity contribution in [1.82, 2.24) is 39.0 Å². The first-order valence-corrected chi connectivity index (χ1v) is 23.6. The summed E-state index contributed by atoms with van der Waals surface area (Å²) >= 11 is 0. The van der Waals surface area contributed by atoms with Crippen molar-refractivity contribution in [2.24, 2.45) is 0 Å². The Balaban J connectivity index is 0.893. The highest BCUT2D eigenvalue weighted by molar-refractivity contribution is 6.08. The Labute approximate surface area is 423 Å². The minimum Gasteiger partial charge on any atom is -0.465 e. The molecule has 0 saturated heterocycles. The van der Waals surface area contributed by atoms with Gasteiger partial charge in [0.05, 0.1) is 59.5 Å². The summed E-state index contributed by atoms with van der Waals surface area (Å²) in [6.45, 7) is 5.99. The third-order valence-corrected chi connectivity index (χ3v) is 12.4. The molecule has 0 fully saturated rings. The predicted octanol–water partition coefficient (Wildman–Crippen LogP) is 8.67. The number of aryl methyl sites for hydroxylation is 1. The normalized spacial score (nSPS) is 11.4. The standard InChI is InChI=1S/C55H42N8O12/c1-4-69-51-56-42-18-10-16-40(45(42)61(51)28-32-20-24-34(25-21-32)36-12-6-8-14-38(36)47-58-53(66)74-59-47)49(64)63-48(60-75-54(63)67)39-15-9-7-13-37(39)35-26-22-33(23-27-35)29-62-46-41(17-11-19-43(46)57-52(62)70-5-2)50(65)71-30-44-31(3)72-55(68)73-44/h6-27H,4-5,28-30H2,1-3H3,(H,58,59,66). The molecule has 20 nitrogen and oxygen atoms in total. The van der Waals surface area contributed by atoms with Crippen molar-refractivity contribution in [3.63, 3.8) is 0 Å². The van der Waals surface area contributed by atoms with Crippen LogP contribution >= 0.6 is 0 Å². The highest BCUT2D eigenvalue weighted by atomic mass is 16.6. The number of para-hydroxylation sites is 2. The molecule has 0 bridgehead atoms. The van der Waals surface area contributed by atoms with Crippen LogP contribution in [0.15, 0.2) is 166 Å². The molecule has 75 heavy (non-hydrogen) atoms. The van der Waals surface area contributed by atoms with Gasteiger partial charge in [0.25, 0.3) is 17.9 Å². The Morgan fingerprint density at radius 2 is 1.15 bits per heavy atom. The summed E-state index contributed by atoms with van der Waals surface area (Å²) in [5, 5.41) is 8.04. The van der Waals surface area contributed by atoms with E-state index in [-0.39, 0.29) is 60.2 Å². The van der Waals surface area contributed by atoms with Gasteiger partial charge >= 0.3 is 23.3 Å². The molecular formula is C55H42N8O12. The van der Waals surface area contributed by atoms with E-state index in [1.807, 2.05) is 98.8 Å². The topological polar surface area (TPSA) is 248 Å². The molecule has 0 saturated carbocycles. The Morgan fingerprint density at radius 3 is 1.69 bits per heavy atom. The number of esters is 1. The number of aromatic amines is 1. The van der Waals surface area contributed by atoms with Crippen LogP contribution in [0.25, 0.3) is 67.1 Å². The molecule has 6 aromatic carbocycles. The lowest BCUT2D eigenvalue weighted by atomic mass is 9.98. The summed E-state index contributed by atoms with van der Waals surface area (Å²) in [5.41, 5.74) is 8.13.